The minimum Gasteiger partial charge on any atom is -0.398 e. The molecule has 4 nitrogen and oxygen atoms in total. The molecule has 0 heterocycles. The van der Waals surface area contributed by atoms with Crippen molar-refractivity contribution >= 4 is 29.0 Å². The summed E-state index contributed by atoms with van der Waals surface area (Å²) in [5.74, 6) is -0.550. The lowest BCUT2D eigenvalue weighted by atomic mass is 10.2. The first-order valence-electron chi connectivity index (χ1n) is 6.07. The third-order valence-corrected chi connectivity index (χ3v) is 3.74. The summed E-state index contributed by atoms with van der Waals surface area (Å²) in [7, 11) is 0. The number of carbonyl (C=O) groups is 1. The van der Waals surface area contributed by atoms with Crippen LogP contribution in [0.5, 0.6) is 0 Å². The maximum absolute atomic E-state index is 12.9. The number of nitrogen functional groups attached to an aromatic ring is 1. The van der Waals surface area contributed by atoms with Gasteiger partial charge in [-0.2, -0.15) is 5.26 Å². The fourth-order valence-electron chi connectivity index (χ4n) is 1.67. The number of nitrogens with zero attached hydrogens (tertiary/aromatic N) is 1. The van der Waals surface area contributed by atoms with Crippen LogP contribution >= 0.6 is 11.8 Å². The molecular formula is C15H12FN3OS. The van der Waals surface area contributed by atoms with Crippen LogP contribution in [-0.2, 0) is 4.79 Å². The van der Waals surface area contributed by atoms with Crippen LogP contribution in [0.2, 0.25) is 0 Å². The average Bonchev–Trinajstić information content (AvgIpc) is 2.47. The normalized spacial score (nSPS) is 9.90. The molecule has 6 heteroatoms. The molecular weight excluding hydrogens is 289 g/mol. The second-order valence-electron chi connectivity index (χ2n) is 4.18. The Morgan fingerprint density at radius 2 is 2.10 bits per heavy atom. The molecule has 0 aromatic heterocycles. The lowest BCUT2D eigenvalue weighted by molar-refractivity contribution is -0.113. The van der Waals surface area contributed by atoms with Gasteiger partial charge in [0.2, 0.25) is 5.91 Å². The first-order chi connectivity index (χ1) is 10.1. The fourth-order valence-corrected chi connectivity index (χ4v) is 2.42. The van der Waals surface area contributed by atoms with Gasteiger partial charge in [0.15, 0.2) is 0 Å². The second kappa shape index (κ2) is 6.77. The van der Waals surface area contributed by atoms with Gasteiger partial charge in [-0.15, -0.1) is 11.8 Å². The number of nitrogens with one attached hydrogen (secondary N) is 1. The molecule has 106 valence electrons. The van der Waals surface area contributed by atoms with Crippen molar-refractivity contribution in [3.63, 3.8) is 0 Å². The number of rotatable bonds is 4. The number of hydrogen-bond acceptors (Lipinski definition) is 4. The first kappa shape index (κ1) is 14.9. The maximum atomic E-state index is 12.9. The molecule has 0 unspecified atom stereocenters. The molecule has 0 spiro atoms. The zero-order chi connectivity index (χ0) is 15.2. The van der Waals surface area contributed by atoms with E-state index < -0.39 is 5.82 Å². The summed E-state index contributed by atoms with van der Waals surface area (Å²) in [6, 6.07) is 12.8. The highest BCUT2D eigenvalue weighted by atomic mass is 32.2. The van der Waals surface area contributed by atoms with E-state index in [0.29, 0.717) is 21.8 Å². The summed E-state index contributed by atoms with van der Waals surface area (Å²) in [6.45, 7) is 0. The number of para-hydroxylation sites is 1. The van der Waals surface area contributed by atoms with Gasteiger partial charge >= 0.3 is 0 Å². The molecule has 0 aliphatic rings. The Hall–Kier alpha value is -2.52. The standard InChI is InChI=1S/C15H12FN3OS/c16-11-5-6-14(12(18)7-11)21-9-15(20)19-13-4-2-1-3-10(13)8-17/h1-7H,9,18H2,(H,19,20). The van der Waals surface area contributed by atoms with Gasteiger partial charge in [0.05, 0.1) is 17.0 Å². The van der Waals surface area contributed by atoms with E-state index in [1.807, 2.05) is 6.07 Å². The molecule has 0 atom stereocenters. The van der Waals surface area contributed by atoms with Crippen LogP contribution in [0.3, 0.4) is 0 Å². The second-order valence-corrected chi connectivity index (χ2v) is 5.19. The van der Waals surface area contributed by atoms with Crippen molar-refractivity contribution in [3.05, 3.63) is 53.8 Å². The molecule has 21 heavy (non-hydrogen) atoms. The van der Waals surface area contributed by atoms with Gasteiger partial charge in [0, 0.05) is 10.6 Å². The lowest BCUT2D eigenvalue weighted by Crippen LogP contribution is -2.15. The molecule has 0 aliphatic heterocycles. The van der Waals surface area contributed by atoms with Gasteiger partial charge < -0.3 is 11.1 Å². The number of benzene rings is 2. The minimum absolute atomic E-state index is 0.121. The molecule has 2 rings (SSSR count). The van der Waals surface area contributed by atoms with Crippen molar-refractivity contribution in [2.75, 3.05) is 16.8 Å². The third-order valence-electron chi connectivity index (χ3n) is 2.65. The molecule has 0 aliphatic carbocycles. The Morgan fingerprint density at radius 3 is 2.81 bits per heavy atom. The molecule has 1 amide bonds. The molecule has 2 aromatic rings. The molecule has 3 N–H and O–H groups in total. The number of anilines is 2. The van der Waals surface area contributed by atoms with Crippen LogP contribution in [-0.4, -0.2) is 11.7 Å². The number of nitrogens with two attached hydrogens (primary N) is 1. The Labute approximate surface area is 125 Å². The molecule has 0 saturated carbocycles. The Bertz CT molecular complexity index is 712. The van der Waals surface area contributed by atoms with E-state index in [2.05, 4.69) is 5.32 Å². The van der Waals surface area contributed by atoms with Crippen molar-refractivity contribution in [1.29, 1.82) is 5.26 Å². The third kappa shape index (κ3) is 3.97. The van der Waals surface area contributed by atoms with E-state index in [1.165, 1.54) is 30.0 Å². The van der Waals surface area contributed by atoms with Crippen LogP contribution in [0.4, 0.5) is 15.8 Å². The number of thioether (sulfide) groups is 1. The lowest BCUT2D eigenvalue weighted by Gasteiger charge is -2.08. The van der Waals surface area contributed by atoms with Crippen molar-refractivity contribution in [1.82, 2.24) is 0 Å². The van der Waals surface area contributed by atoms with Crippen LogP contribution < -0.4 is 11.1 Å². The highest BCUT2D eigenvalue weighted by Gasteiger charge is 2.08. The van der Waals surface area contributed by atoms with Gasteiger partial charge in [-0.3, -0.25) is 4.79 Å². The molecule has 2 aromatic carbocycles. The summed E-state index contributed by atoms with van der Waals surface area (Å²) in [5.41, 5.74) is 6.84. The van der Waals surface area contributed by atoms with E-state index >= 15 is 0 Å². The summed E-state index contributed by atoms with van der Waals surface area (Å²) in [5, 5.41) is 11.6. The molecule has 0 fully saturated rings. The van der Waals surface area contributed by atoms with E-state index in [4.69, 9.17) is 11.0 Å². The molecule has 0 bridgehead atoms. The highest BCUT2D eigenvalue weighted by Crippen LogP contribution is 2.25. The summed E-state index contributed by atoms with van der Waals surface area (Å²) >= 11 is 1.21. The first-order valence-corrected chi connectivity index (χ1v) is 7.05. The van der Waals surface area contributed by atoms with Crippen molar-refractivity contribution in [2.24, 2.45) is 0 Å². The van der Waals surface area contributed by atoms with Crippen molar-refractivity contribution < 1.29 is 9.18 Å². The van der Waals surface area contributed by atoms with Gasteiger partial charge in [-0.25, -0.2) is 4.39 Å². The predicted molar refractivity (Wildman–Crippen MR) is 81.3 cm³/mol. The summed E-state index contributed by atoms with van der Waals surface area (Å²) < 4.78 is 12.9. The van der Waals surface area contributed by atoms with Crippen LogP contribution in [0.15, 0.2) is 47.4 Å². The smallest absolute Gasteiger partial charge is 0.234 e. The average molecular weight is 301 g/mol. The zero-order valence-corrected chi connectivity index (χ0v) is 11.8. The monoisotopic (exact) mass is 301 g/mol. The van der Waals surface area contributed by atoms with E-state index in [1.54, 1.807) is 24.3 Å². The topological polar surface area (TPSA) is 78.9 Å². The summed E-state index contributed by atoms with van der Waals surface area (Å²) in [4.78, 5) is 12.5. The largest absolute Gasteiger partial charge is 0.398 e. The maximum Gasteiger partial charge on any atom is 0.234 e. The van der Waals surface area contributed by atoms with E-state index in [9.17, 15) is 9.18 Å². The van der Waals surface area contributed by atoms with Crippen molar-refractivity contribution in [2.45, 2.75) is 4.90 Å². The van der Waals surface area contributed by atoms with Gasteiger partial charge in [0.25, 0.3) is 0 Å². The zero-order valence-electron chi connectivity index (χ0n) is 11.0. The SMILES string of the molecule is N#Cc1ccccc1NC(=O)CSc1ccc(F)cc1N. The van der Waals surface area contributed by atoms with Crippen LogP contribution in [0.1, 0.15) is 5.56 Å². The van der Waals surface area contributed by atoms with Gasteiger partial charge in [0.1, 0.15) is 11.9 Å². The van der Waals surface area contributed by atoms with Crippen LogP contribution in [0.25, 0.3) is 0 Å². The molecule has 0 radical (unpaired) electrons. The quantitative estimate of drug-likeness (QED) is 0.672. The Kier molecular flexibility index (Phi) is 4.80. The number of hydrogen-bond donors (Lipinski definition) is 2. The fraction of sp³-hybridized carbons (Fsp3) is 0.0667. The Morgan fingerprint density at radius 1 is 1.33 bits per heavy atom. The van der Waals surface area contributed by atoms with Crippen LogP contribution in [0, 0.1) is 17.1 Å². The van der Waals surface area contributed by atoms with Crippen molar-refractivity contribution in [3.8, 4) is 6.07 Å². The number of amides is 1. The highest BCUT2D eigenvalue weighted by molar-refractivity contribution is 8.00. The Balaban J connectivity index is 1.98. The number of nitriles is 1. The minimum atomic E-state index is -0.413. The number of carbonyl (C=O) groups excluding carboxylic acids is 1. The molecule has 0 saturated heterocycles. The van der Waals surface area contributed by atoms with Gasteiger partial charge in [-0.1, -0.05) is 12.1 Å². The number of halogens is 1. The van der Waals surface area contributed by atoms with Gasteiger partial charge in [-0.05, 0) is 30.3 Å². The van der Waals surface area contributed by atoms with E-state index in [-0.39, 0.29) is 11.7 Å². The predicted octanol–water partition coefficient (Wildman–Crippen LogP) is 3.01. The summed E-state index contributed by atoms with van der Waals surface area (Å²) in [6.07, 6.45) is 0. The van der Waals surface area contributed by atoms with E-state index in [0.717, 1.165) is 0 Å².